The fraction of sp³-hybridized carbons (Fsp3) is 0.588. The van der Waals surface area contributed by atoms with Crippen LogP contribution in [0.1, 0.15) is 50.0 Å². The summed E-state index contributed by atoms with van der Waals surface area (Å²) in [6, 6.07) is 8.01. The van der Waals surface area contributed by atoms with Crippen molar-refractivity contribution in [3.05, 3.63) is 35.4 Å². The Morgan fingerprint density at radius 3 is 2.35 bits per heavy atom. The van der Waals surface area contributed by atoms with Gasteiger partial charge in [0.25, 0.3) is 5.91 Å². The maximum atomic E-state index is 12.5. The molecule has 20 heavy (non-hydrogen) atoms. The Morgan fingerprint density at radius 1 is 1.30 bits per heavy atom. The van der Waals surface area contributed by atoms with Gasteiger partial charge in [-0.3, -0.25) is 4.79 Å². The third-order valence-electron chi connectivity index (χ3n) is 4.34. The minimum Gasteiger partial charge on any atom is -0.338 e. The highest BCUT2D eigenvalue weighted by Crippen LogP contribution is 2.30. The van der Waals surface area contributed by atoms with Crippen molar-refractivity contribution in [2.75, 3.05) is 19.6 Å². The molecule has 3 heteroatoms. The minimum atomic E-state index is 0.0843. The molecule has 2 N–H and O–H groups in total. The van der Waals surface area contributed by atoms with Crippen LogP contribution in [0.25, 0.3) is 0 Å². The van der Waals surface area contributed by atoms with Crippen molar-refractivity contribution in [2.45, 2.75) is 39.5 Å². The molecule has 0 spiro atoms. The Kier molecular flexibility index (Phi) is 3.92. The predicted octanol–water partition coefficient (Wildman–Crippen LogP) is 2.80. The van der Waals surface area contributed by atoms with Gasteiger partial charge in [0.15, 0.2) is 0 Å². The molecule has 0 aliphatic carbocycles. The topological polar surface area (TPSA) is 46.3 Å². The fourth-order valence-corrected chi connectivity index (χ4v) is 2.66. The van der Waals surface area contributed by atoms with E-state index in [-0.39, 0.29) is 16.7 Å². The molecule has 1 heterocycles. The molecule has 0 saturated carbocycles. The van der Waals surface area contributed by atoms with E-state index in [1.807, 2.05) is 17.0 Å². The highest BCUT2D eigenvalue weighted by molar-refractivity contribution is 5.94. The number of nitrogens with zero attached hydrogens (tertiary/aromatic N) is 1. The van der Waals surface area contributed by atoms with Gasteiger partial charge in [0.05, 0.1) is 0 Å². The van der Waals surface area contributed by atoms with Gasteiger partial charge in [-0.2, -0.15) is 0 Å². The largest absolute Gasteiger partial charge is 0.338 e. The maximum absolute atomic E-state index is 12.5. The number of likely N-dealkylation sites (tertiary alicyclic amines) is 1. The van der Waals surface area contributed by atoms with Crippen LogP contribution in [0.3, 0.4) is 0 Å². The standard InChI is InChI=1S/C17H26N2O/c1-16(2,3)14-7-5-13(6-8-14)15(20)19-10-9-17(4,11-18)12-19/h5-8H,9-12,18H2,1-4H3. The normalized spacial score (nSPS) is 23.1. The van der Waals surface area contributed by atoms with Crippen LogP contribution in [-0.4, -0.2) is 30.4 Å². The van der Waals surface area contributed by atoms with E-state index in [0.717, 1.165) is 25.1 Å². The number of carbonyl (C=O) groups is 1. The Labute approximate surface area is 122 Å². The zero-order chi connectivity index (χ0) is 15.0. The van der Waals surface area contributed by atoms with E-state index < -0.39 is 0 Å². The van der Waals surface area contributed by atoms with Gasteiger partial charge in [-0.15, -0.1) is 0 Å². The molecular weight excluding hydrogens is 248 g/mol. The van der Waals surface area contributed by atoms with E-state index in [1.165, 1.54) is 5.56 Å². The van der Waals surface area contributed by atoms with Gasteiger partial charge < -0.3 is 10.6 Å². The maximum Gasteiger partial charge on any atom is 0.253 e. The lowest BCUT2D eigenvalue weighted by atomic mass is 9.86. The molecule has 0 radical (unpaired) electrons. The summed E-state index contributed by atoms with van der Waals surface area (Å²) in [5.41, 5.74) is 8.03. The lowest BCUT2D eigenvalue weighted by Gasteiger charge is -2.23. The Balaban J connectivity index is 2.11. The predicted molar refractivity (Wildman–Crippen MR) is 82.8 cm³/mol. The zero-order valence-electron chi connectivity index (χ0n) is 13.1. The molecule has 2 rings (SSSR count). The van der Waals surface area contributed by atoms with Crippen LogP contribution in [0.5, 0.6) is 0 Å². The van der Waals surface area contributed by atoms with Gasteiger partial charge >= 0.3 is 0 Å². The van der Waals surface area contributed by atoms with Crippen molar-refractivity contribution >= 4 is 5.91 Å². The molecular formula is C17H26N2O. The van der Waals surface area contributed by atoms with Gasteiger partial charge in [0.2, 0.25) is 0 Å². The van der Waals surface area contributed by atoms with Crippen LogP contribution in [0.4, 0.5) is 0 Å². The summed E-state index contributed by atoms with van der Waals surface area (Å²) in [6.45, 7) is 10.9. The first kappa shape index (κ1) is 15.0. The van der Waals surface area contributed by atoms with Crippen molar-refractivity contribution in [1.82, 2.24) is 4.90 Å². The molecule has 0 bridgehead atoms. The lowest BCUT2D eigenvalue weighted by molar-refractivity contribution is 0.0777. The first-order chi connectivity index (χ1) is 9.25. The molecule has 1 aromatic rings. The molecule has 1 aromatic carbocycles. The van der Waals surface area contributed by atoms with Crippen molar-refractivity contribution in [3.8, 4) is 0 Å². The van der Waals surface area contributed by atoms with E-state index in [1.54, 1.807) is 0 Å². The van der Waals surface area contributed by atoms with Crippen LogP contribution >= 0.6 is 0 Å². The van der Waals surface area contributed by atoms with Crippen LogP contribution in [-0.2, 0) is 5.41 Å². The number of hydrogen-bond acceptors (Lipinski definition) is 2. The molecule has 1 aliphatic rings. The monoisotopic (exact) mass is 274 g/mol. The highest BCUT2D eigenvalue weighted by atomic mass is 16.2. The summed E-state index contributed by atoms with van der Waals surface area (Å²) >= 11 is 0. The van der Waals surface area contributed by atoms with Crippen LogP contribution in [0.15, 0.2) is 24.3 Å². The van der Waals surface area contributed by atoms with Crippen molar-refractivity contribution in [3.63, 3.8) is 0 Å². The van der Waals surface area contributed by atoms with Crippen molar-refractivity contribution in [2.24, 2.45) is 11.1 Å². The van der Waals surface area contributed by atoms with Crippen LogP contribution in [0, 0.1) is 5.41 Å². The molecule has 110 valence electrons. The molecule has 1 amide bonds. The number of carbonyl (C=O) groups excluding carboxylic acids is 1. The molecule has 1 fully saturated rings. The molecule has 3 nitrogen and oxygen atoms in total. The minimum absolute atomic E-state index is 0.0843. The van der Waals surface area contributed by atoms with E-state index >= 15 is 0 Å². The average Bonchev–Trinajstić information content (AvgIpc) is 2.80. The Hall–Kier alpha value is -1.35. The van der Waals surface area contributed by atoms with Crippen LogP contribution in [0.2, 0.25) is 0 Å². The summed E-state index contributed by atoms with van der Waals surface area (Å²) < 4.78 is 0. The number of nitrogens with two attached hydrogens (primary N) is 1. The highest BCUT2D eigenvalue weighted by Gasteiger charge is 2.35. The SMILES string of the molecule is CC1(CN)CCN(C(=O)c2ccc(C(C)(C)C)cc2)C1. The molecule has 1 atom stereocenters. The summed E-state index contributed by atoms with van der Waals surface area (Å²) in [7, 11) is 0. The van der Waals surface area contributed by atoms with E-state index in [9.17, 15) is 4.79 Å². The zero-order valence-corrected chi connectivity index (χ0v) is 13.1. The molecule has 1 unspecified atom stereocenters. The van der Waals surface area contributed by atoms with E-state index in [4.69, 9.17) is 5.73 Å². The van der Waals surface area contributed by atoms with Gasteiger partial charge in [0.1, 0.15) is 0 Å². The average molecular weight is 274 g/mol. The van der Waals surface area contributed by atoms with Gasteiger partial charge in [0, 0.05) is 18.7 Å². The Morgan fingerprint density at radius 2 is 1.90 bits per heavy atom. The second-order valence-corrected chi connectivity index (χ2v) is 7.32. The first-order valence-electron chi connectivity index (χ1n) is 7.35. The second kappa shape index (κ2) is 5.21. The van der Waals surface area contributed by atoms with Gasteiger partial charge in [-0.05, 0) is 41.5 Å². The third kappa shape index (κ3) is 3.04. The smallest absolute Gasteiger partial charge is 0.253 e. The summed E-state index contributed by atoms with van der Waals surface area (Å²) in [5, 5.41) is 0. The number of rotatable bonds is 2. The number of hydrogen-bond donors (Lipinski definition) is 1. The van der Waals surface area contributed by atoms with Crippen LogP contribution < -0.4 is 5.73 Å². The molecule has 1 aliphatic heterocycles. The quantitative estimate of drug-likeness (QED) is 0.901. The van der Waals surface area contributed by atoms with Gasteiger partial charge in [-0.25, -0.2) is 0 Å². The van der Waals surface area contributed by atoms with E-state index in [0.29, 0.717) is 6.54 Å². The van der Waals surface area contributed by atoms with Gasteiger partial charge in [-0.1, -0.05) is 39.8 Å². The Bertz CT molecular complexity index is 487. The van der Waals surface area contributed by atoms with E-state index in [2.05, 4.69) is 39.8 Å². The van der Waals surface area contributed by atoms with Crippen molar-refractivity contribution in [1.29, 1.82) is 0 Å². The lowest BCUT2D eigenvalue weighted by Crippen LogP contribution is -2.34. The summed E-state index contributed by atoms with van der Waals surface area (Å²) in [4.78, 5) is 14.4. The first-order valence-corrected chi connectivity index (χ1v) is 7.35. The molecule has 0 aromatic heterocycles. The fourth-order valence-electron chi connectivity index (χ4n) is 2.66. The number of benzene rings is 1. The third-order valence-corrected chi connectivity index (χ3v) is 4.34. The molecule has 1 saturated heterocycles. The second-order valence-electron chi connectivity index (χ2n) is 7.32. The summed E-state index contributed by atoms with van der Waals surface area (Å²) in [5.74, 6) is 0.127. The summed E-state index contributed by atoms with van der Waals surface area (Å²) in [6.07, 6.45) is 0.995. The number of amides is 1. The van der Waals surface area contributed by atoms with Crippen molar-refractivity contribution < 1.29 is 4.79 Å².